The van der Waals surface area contributed by atoms with Crippen molar-refractivity contribution in [3.63, 3.8) is 0 Å². The van der Waals surface area contributed by atoms with Gasteiger partial charge in [0.05, 0.1) is 11.7 Å². The summed E-state index contributed by atoms with van der Waals surface area (Å²) in [5.41, 5.74) is 1.02. The fourth-order valence-electron chi connectivity index (χ4n) is 2.07. The van der Waals surface area contributed by atoms with Gasteiger partial charge in [-0.25, -0.2) is 0 Å². The van der Waals surface area contributed by atoms with Crippen molar-refractivity contribution < 1.29 is 23.2 Å². The molecule has 1 aromatic carbocycles. The van der Waals surface area contributed by atoms with Crippen LogP contribution in [0, 0.1) is 0 Å². The van der Waals surface area contributed by atoms with Crippen LogP contribution in [0.5, 0.6) is 0 Å². The van der Waals surface area contributed by atoms with E-state index in [-0.39, 0.29) is 11.7 Å². The fraction of sp³-hybridized carbons (Fsp3) is 0.231. The third-order valence-electron chi connectivity index (χ3n) is 3.10. The van der Waals surface area contributed by atoms with E-state index in [0.29, 0.717) is 16.6 Å². The number of para-hydroxylation sites is 1. The van der Waals surface area contributed by atoms with Gasteiger partial charge >= 0.3 is 7.60 Å². The number of nitrogens with one attached hydrogen (secondary N) is 1. The number of H-pyrrole nitrogens is 1. The standard InChI is InChI=1S/C13H13ClNO5P/c1-19-21(18,20-2)7-10-11(12(16)13(14)17)8-5-3-4-6-9(8)15-10/h3-6,15H,7H2,1-2H3. The summed E-state index contributed by atoms with van der Waals surface area (Å²) in [7, 11) is -0.891. The first-order valence-corrected chi connectivity index (χ1v) is 8.06. The van der Waals surface area contributed by atoms with Crippen molar-refractivity contribution in [3.05, 3.63) is 35.5 Å². The molecular weight excluding hydrogens is 317 g/mol. The quantitative estimate of drug-likeness (QED) is 0.381. The number of rotatable bonds is 6. The first kappa shape index (κ1) is 15.9. The van der Waals surface area contributed by atoms with Gasteiger partial charge in [0.15, 0.2) is 0 Å². The van der Waals surface area contributed by atoms with E-state index in [0.717, 1.165) is 0 Å². The fourth-order valence-corrected chi connectivity index (χ4v) is 3.20. The number of ketones is 1. The molecule has 0 fully saturated rings. The van der Waals surface area contributed by atoms with E-state index in [1.54, 1.807) is 24.3 Å². The number of aromatic nitrogens is 1. The van der Waals surface area contributed by atoms with Gasteiger partial charge in [0.1, 0.15) is 0 Å². The van der Waals surface area contributed by atoms with E-state index in [1.807, 2.05) is 0 Å². The highest BCUT2D eigenvalue weighted by Crippen LogP contribution is 2.50. The first-order valence-electron chi connectivity index (χ1n) is 5.96. The zero-order chi connectivity index (χ0) is 15.6. The number of halogens is 1. The highest BCUT2D eigenvalue weighted by molar-refractivity contribution is 7.52. The van der Waals surface area contributed by atoms with E-state index in [1.165, 1.54) is 14.2 Å². The van der Waals surface area contributed by atoms with Gasteiger partial charge in [-0.2, -0.15) is 0 Å². The molecular formula is C13H13ClNO5P. The Hall–Kier alpha value is -1.46. The third-order valence-corrected chi connectivity index (χ3v) is 5.09. The van der Waals surface area contributed by atoms with Crippen molar-refractivity contribution in [2.24, 2.45) is 0 Å². The third kappa shape index (κ3) is 3.09. The van der Waals surface area contributed by atoms with Gasteiger partial charge in [-0.3, -0.25) is 14.2 Å². The maximum atomic E-state index is 12.2. The van der Waals surface area contributed by atoms with Crippen LogP contribution in [0.25, 0.3) is 10.9 Å². The minimum atomic E-state index is -3.39. The Balaban J connectivity index is 2.62. The average Bonchev–Trinajstić information content (AvgIpc) is 2.83. The van der Waals surface area contributed by atoms with E-state index in [4.69, 9.17) is 20.6 Å². The molecule has 0 unspecified atom stereocenters. The molecule has 0 aliphatic carbocycles. The molecule has 1 heterocycles. The lowest BCUT2D eigenvalue weighted by molar-refractivity contribution is -0.108. The Kier molecular flexibility index (Phi) is 4.64. The highest BCUT2D eigenvalue weighted by Gasteiger charge is 2.29. The van der Waals surface area contributed by atoms with Crippen molar-refractivity contribution in [1.29, 1.82) is 0 Å². The number of benzene rings is 1. The Morgan fingerprint density at radius 1 is 1.24 bits per heavy atom. The summed E-state index contributed by atoms with van der Waals surface area (Å²) in [5.74, 6) is -0.858. The summed E-state index contributed by atoms with van der Waals surface area (Å²) < 4.78 is 22.0. The molecule has 21 heavy (non-hydrogen) atoms. The molecule has 8 heteroatoms. The van der Waals surface area contributed by atoms with Gasteiger partial charge in [-0.15, -0.1) is 0 Å². The molecule has 0 saturated heterocycles. The SMILES string of the molecule is COP(=O)(Cc1[nH]c2ccccc2c1C(=O)C(=O)Cl)OC. The molecule has 0 atom stereocenters. The van der Waals surface area contributed by atoms with Crippen molar-refractivity contribution in [1.82, 2.24) is 4.98 Å². The zero-order valence-electron chi connectivity index (χ0n) is 11.4. The second-order valence-corrected chi connectivity index (χ2v) is 6.87. The maximum Gasteiger partial charge on any atom is 0.336 e. The lowest BCUT2D eigenvalue weighted by Gasteiger charge is -2.13. The predicted octanol–water partition coefficient (Wildman–Crippen LogP) is 3.10. The lowest BCUT2D eigenvalue weighted by atomic mass is 10.1. The minimum Gasteiger partial charge on any atom is -0.357 e. The predicted molar refractivity (Wildman–Crippen MR) is 78.8 cm³/mol. The molecule has 1 aromatic heterocycles. The van der Waals surface area contributed by atoms with Gasteiger partial charge in [-0.1, -0.05) is 18.2 Å². The average molecular weight is 330 g/mol. The van der Waals surface area contributed by atoms with Crippen LogP contribution < -0.4 is 0 Å². The van der Waals surface area contributed by atoms with Crippen LogP contribution in [-0.4, -0.2) is 30.2 Å². The Morgan fingerprint density at radius 2 is 1.86 bits per heavy atom. The van der Waals surface area contributed by atoms with E-state index in [9.17, 15) is 14.2 Å². The van der Waals surface area contributed by atoms with Gasteiger partial charge < -0.3 is 14.0 Å². The summed E-state index contributed by atoms with van der Waals surface area (Å²) in [4.78, 5) is 26.2. The van der Waals surface area contributed by atoms with Crippen molar-refractivity contribution in [2.45, 2.75) is 6.16 Å². The summed E-state index contributed by atoms with van der Waals surface area (Å²) in [5, 5.41) is -0.573. The van der Waals surface area contributed by atoms with Crippen LogP contribution in [0.15, 0.2) is 24.3 Å². The van der Waals surface area contributed by atoms with E-state index in [2.05, 4.69) is 4.98 Å². The minimum absolute atomic E-state index is 0.0972. The summed E-state index contributed by atoms with van der Waals surface area (Å²) in [6.07, 6.45) is -0.167. The van der Waals surface area contributed by atoms with Crippen molar-refractivity contribution in [3.8, 4) is 0 Å². The number of hydrogen-bond donors (Lipinski definition) is 1. The topological polar surface area (TPSA) is 85.5 Å². The zero-order valence-corrected chi connectivity index (χ0v) is 13.0. The van der Waals surface area contributed by atoms with E-state index < -0.39 is 18.6 Å². The molecule has 2 aromatic rings. The Labute approximate surface area is 125 Å². The summed E-state index contributed by atoms with van der Waals surface area (Å²) >= 11 is 5.30. The Bertz CT molecular complexity index is 746. The maximum absolute atomic E-state index is 12.2. The molecule has 0 radical (unpaired) electrons. The molecule has 0 aliphatic rings. The normalized spacial score (nSPS) is 11.8. The van der Waals surface area contributed by atoms with Crippen molar-refractivity contribution in [2.75, 3.05) is 14.2 Å². The molecule has 2 rings (SSSR count). The number of fused-ring (bicyclic) bond motifs is 1. The smallest absolute Gasteiger partial charge is 0.336 e. The first-order chi connectivity index (χ1) is 9.91. The van der Waals surface area contributed by atoms with Crippen LogP contribution in [0.2, 0.25) is 0 Å². The van der Waals surface area contributed by atoms with E-state index >= 15 is 0 Å². The second-order valence-electron chi connectivity index (χ2n) is 4.26. The summed E-state index contributed by atoms with van der Waals surface area (Å²) in [6, 6.07) is 6.90. The molecule has 112 valence electrons. The van der Waals surface area contributed by atoms with Crippen LogP contribution in [-0.2, 0) is 24.6 Å². The monoisotopic (exact) mass is 329 g/mol. The number of aromatic amines is 1. The second kappa shape index (κ2) is 6.12. The van der Waals surface area contributed by atoms with Crippen LogP contribution in [0.3, 0.4) is 0 Å². The molecule has 6 nitrogen and oxygen atoms in total. The molecule has 0 spiro atoms. The Morgan fingerprint density at radius 3 is 2.43 bits per heavy atom. The highest BCUT2D eigenvalue weighted by atomic mass is 35.5. The summed E-state index contributed by atoms with van der Waals surface area (Å²) in [6.45, 7) is 0. The molecule has 0 amide bonds. The van der Waals surface area contributed by atoms with Crippen LogP contribution in [0.1, 0.15) is 16.1 Å². The number of carbonyl (C=O) groups excluding carboxylic acids is 2. The number of hydrogen-bond acceptors (Lipinski definition) is 5. The van der Waals surface area contributed by atoms with Gasteiger partial charge in [-0.05, 0) is 17.7 Å². The van der Waals surface area contributed by atoms with Gasteiger partial charge in [0.25, 0.3) is 5.24 Å². The molecule has 0 saturated carbocycles. The van der Waals surface area contributed by atoms with Gasteiger partial charge in [0.2, 0.25) is 5.78 Å². The lowest BCUT2D eigenvalue weighted by Crippen LogP contribution is -2.10. The van der Waals surface area contributed by atoms with Gasteiger partial charge in [0, 0.05) is 30.8 Å². The molecule has 0 aliphatic heterocycles. The van der Waals surface area contributed by atoms with Crippen LogP contribution >= 0.6 is 19.2 Å². The molecule has 1 N–H and O–H groups in total. The largest absolute Gasteiger partial charge is 0.357 e. The number of Topliss-reactive ketones (excluding diaryl/α,β-unsaturated/α-hetero) is 1. The van der Waals surface area contributed by atoms with Crippen molar-refractivity contribution >= 4 is 41.1 Å². The van der Waals surface area contributed by atoms with Crippen LogP contribution in [0.4, 0.5) is 0 Å². The number of carbonyl (C=O) groups is 2. The molecule has 0 bridgehead atoms.